The number of amides is 2. The maximum atomic E-state index is 13.8. The highest BCUT2D eigenvalue weighted by atomic mass is 16.6. The number of carbonyl (C=O) groups excluding carboxylic acids is 2. The molecular formula is C33H54N2O5. The zero-order valence-electron chi connectivity index (χ0n) is 26.1. The Morgan fingerprint density at radius 1 is 0.925 bits per heavy atom. The third kappa shape index (κ3) is 4.66. The SMILES string of the molecule is CCOC(=O)N1C2C[C@H]3C[C@@H](O)CCC3(C)C3CCC4(C)C(=C23)[C@H](CC4[C@H](C)CCCC(C)C)N1C(=O)OCC. The van der Waals surface area contributed by atoms with Crippen LogP contribution in [0.1, 0.15) is 113 Å². The summed E-state index contributed by atoms with van der Waals surface area (Å²) < 4.78 is 11.3. The van der Waals surface area contributed by atoms with E-state index in [9.17, 15) is 14.7 Å². The number of hydrogen-bond acceptors (Lipinski definition) is 5. The zero-order chi connectivity index (χ0) is 29.0. The third-order valence-electron chi connectivity index (χ3n) is 11.9. The van der Waals surface area contributed by atoms with E-state index in [4.69, 9.17) is 9.47 Å². The Morgan fingerprint density at radius 3 is 2.20 bits per heavy atom. The minimum Gasteiger partial charge on any atom is -0.448 e. The van der Waals surface area contributed by atoms with E-state index in [0.29, 0.717) is 29.6 Å². The Labute approximate surface area is 242 Å². The second-order valence-corrected chi connectivity index (χ2v) is 14.5. The van der Waals surface area contributed by atoms with Gasteiger partial charge in [0.05, 0.1) is 31.4 Å². The number of nitrogens with zero attached hydrogens (tertiary/aromatic N) is 2. The van der Waals surface area contributed by atoms with Crippen molar-refractivity contribution < 1.29 is 24.2 Å². The van der Waals surface area contributed by atoms with Crippen molar-refractivity contribution in [2.24, 2.45) is 40.4 Å². The Balaban J connectivity index is 1.64. The van der Waals surface area contributed by atoms with Crippen molar-refractivity contribution in [2.75, 3.05) is 13.2 Å². The van der Waals surface area contributed by atoms with E-state index in [1.807, 2.05) is 13.8 Å². The van der Waals surface area contributed by atoms with Crippen molar-refractivity contribution in [2.45, 2.75) is 131 Å². The van der Waals surface area contributed by atoms with E-state index in [0.717, 1.165) is 44.9 Å². The first kappa shape index (κ1) is 29.7. The van der Waals surface area contributed by atoms with Crippen molar-refractivity contribution in [3.05, 3.63) is 11.1 Å². The maximum absolute atomic E-state index is 13.8. The molecule has 226 valence electrons. The Morgan fingerprint density at radius 2 is 1.57 bits per heavy atom. The predicted octanol–water partition coefficient (Wildman–Crippen LogP) is 7.34. The van der Waals surface area contributed by atoms with Gasteiger partial charge in [0.2, 0.25) is 0 Å². The molecular weight excluding hydrogens is 504 g/mol. The highest BCUT2D eigenvalue weighted by molar-refractivity contribution is 5.77. The molecule has 40 heavy (non-hydrogen) atoms. The minimum atomic E-state index is -0.452. The number of hydrogen-bond donors (Lipinski definition) is 1. The van der Waals surface area contributed by atoms with E-state index in [1.54, 1.807) is 10.0 Å². The lowest BCUT2D eigenvalue weighted by molar-refractivity contribution is -0.109. The van der Waals surface area contributed by atoms with Crippen LogP contribution in [0.15, 0.2) is 11.1 Å². The molecule has 4 aliphatic carbocycles. The van der Waals surface area contributed by atoms with Crippen molar-refractivity contribution in [1.82, 2.24) is 10.0 Å². The summed E-state index contributed by atoms with van der Waals surface area (Å²) in [6.45, 7) is 16.1. The largest absolute Gasteiger partial charge is 0.448 e. The van der Waals surface area contributed by atoms with E-state index >= 15 is 0 Å². The van der Waals surface area contributed by atoms with Crippen LogP contribution in [0.2, 0.25) is 0 Å². The lowest BCUT2D eigenvalue weighted by Crippen LogP contribution is -2.67. The molecule has 2 amide bonds. The molecule has 3 saturated carbocycles. The number of aliphatic hydroxyl groups is 1. The number of hydrazine groups is 1. The summed E-state index contributed by atoms with van der Waals surface area (Å²) in [5.74, 6) is 2.36. The Bertz CT molecular complexity index is 1010. The molecule has 0 bridgehead atoms. The molecule has 0 radical (unpaired) electrons. The molecule has 0 saturated heterocycles. The zero-order valence-corrected chi connectivity index (χ0v) is 26.1. The normalized spacial score (nSPS) is 39.1. The molecule has 1 heterocycles. The Hall–Kier alpha value is -1.76. The Kier molecular flexibility index (Phi) is 8.28. The number of rotatable bonds is 7. The number of aliphatic hydroxyl groups excluding tert-OH is 1. The van der Waals surface area contributed by atoms with Gasteiger partial charge in [0.15, 0.2) is 0 Å². The first-order chi connectivity index (χ1) is 19.0. The van der Waals surface area contributed by atoms with Crippen LogP contribution < -0.4 is 0 Å². The standard InChI is InChI=1S/C33H54N2O5/c1-8-39-30(37)34-26-18-22-17-23(36)13-15-32(22,6)24-14-16-33(7)25(21(5)12-10-11-20(3)4)19-27(29(33)28(24)26)35(34)31(38)40-9-2/h20-27,36H,8-19H2,1-7H3/t21-,22-,23+,24?,25?,26?,27+,32?,33?/m1/s1. The molecule has 9 atom stereocenters. The maximum Gasteiger partial charge on any atom is 0.429 e. The van der Waals surface area contributed by atoms with Gasteiger partial charge in [-0.05, 0) is 110 Å². The van der Waals surface area contributed by atoms with E-state index in [-0.39, 0.29) is 42.2 Å². The van der Waals surface area contributed by atoms with Crippen molar-refractivity contribution >= 4 is 12.2 Å². The van der Waals surface area contributed by atoms with Crippen LogP contribution in [0.3, 0.4) is 0 Å². The van der Waals surface area contributed by atoms with Crippen LogP contribution in [0, 0.1) is 40.4 Å². The van der Waals surface area contributed by atoms with Crippen LogP contribution in [0.25, 0.3) is 0 Å². The van der Waals surface area contributed by atoms with Crippen molar-refractivity contribution in [3.63, 3.8) is 0 Å². The quantitative estimate of drug-likeness (QED) is 0.331. The van der Waals surface area contributed by atoms with E-state index in [2.05, 4.69) is 34.6 Å². The van der Waals surface area contributed by atoms with Crippen molar-refractivity contribution in [3.8, 4) is 0 Å². The van der Waals surface area contributed by atoms with Gasteiger partial charge in [0.1, 0.15) is 0 Å². The highest BCUT2D eigenvalue weighted by Gasteiger charge is 2.66. The third-order valence-corrected chi connectivity index (χ3v) is 11.9. The second-order valence-electron chi connectivity index (χ2n) is 14.5. The number of fused-ring (bicyclic) bond motifs is 2. The van der Waals surface area contributed by atoms with Crippen LogP contribution >= 0.6 is 0 Å². The smallest absolute Gasteiger partial charge is 0.429 e. The average molecular weight is 559 g/mol. The topological polar surface area (TPSA) is 79.3 Å². The number of carbonyl (C=O) groups is 2. The molecule has 7 nitrogen and oxygen atoms in total. The summed E-state index contributed by atoms with van der Waals surface area (Å²) in [5.41, 5.74) is 2.99. The minimum absolute atomic E-state index is 0.00880. The van der Waals surface area contributed by atoms with Gasteiger partial charge in [-0.25, -0.2) is 19.6 Å². The molecule has 5 unspecified atom stereocenters. The summed E-state index contributed by atoms with van der Waals surface area (Å²) in [7, 11) is 0. The number of ether oxygens (including phenoxy) is 2. The van der Waals surface area contributed by atoms with Gasteiger partial charge in [0.25, 0.3) is 0 Å². The van der Waals surface area contributed by atoms with Gasteiger partial charge in [0, 0.05) is 0 Å². The van der Waals surface area contributed by atoms with Gasteiger partial charge in [-0.2, -0.15) is 0 Å². The summed E-state index contributed by atoms with van der Waals surface area (Å²) >= 11 is 0. The average Bonchev–Trinajstić information content (AvgIpc) is 3.21. The molecule has 5 aliphatic rings. The fourth-order valence-electron chi connectivity index (χ4n) is 10.0. The fraction of sp³-hybridized carbons (Fsp3) is 0.879. The highest BCUT2D eigenvalue weighted by Crippen LogP contribution is 2.68. The van der Waals surface area contributed by atoms with Crippen LogP contribution in [-0.2, 0) is 9.47 Å². The first-order valence-electron chi connectivity index (χ1n) is 16.3. The molecule has 1 aliphatic heterocycles. The molecule has 0 spiro atoms. The molecule has 5 rings (SSSR count). The molecule has 7 heteroatoms. The van der Waals surface area contributed by atoms with Crippen molar-refractivity contribution in [1.29, 1.82) is 0 Å². The van der Waals surface area contributed by atoms with Gasteiger partial charge in [-0.1, -0.05) is 53.9 Å². The monoisotopic (exact) mass is 558 g/mol. The first-order valence-corrected chi connectivity index (χ1v) is 16.3. The van der Waals surface area contributed by atoms with Gasteiger partial charge in [-0.3, -0.25) is 0 Å². The summed E-state index contributed by atoms with van der Waals surface area (Å²) in [5, 5.41) is 14.0. The van der Waals surface area contributed by atoms with Gasteiger partial charge < -0.3 is 14.6 Å². The summed E-state index contributed by atoms with van der Waals surface area (Å²) in [6, 6.07) is -0.396. The van der Waals surface area contributed by atoms with Crippen LogP contribution in [0.4, 0.5) is 9.59 Å². The lowest BCUT2D eigenvalue weighted by atomic mass is 9.47. The molecule has 0 aromatic heterocycles. The predicted molar refractivity (Wildman–Crippen MR) is 155 cm³/mol. The fourth-order valence-corrected chi connectivity index (χ4v) is 10.0. The molecule has 0 aromatic carbocycles. The lowest BCUT2D eigenvalue weighted by Gasteiger charge is -2.62. The molecule has 3 fully saturated rings. The van der Waals surface area contributed by atoms with E-state index in [1.165, 1.54) is 30.4 Å². The summed E-state index contributed by atoms with van der Waals surface area (Å²) in [4.78, 5) is 27.5. The molecule has 1 N–H and O–H groups in total. The second kappa shape index (κ2) is 11.1. The van der Waals surface area contributed by atoms with Gasteiger partial charge >= 0.3 is 12.2 Å². The van der Waals surface area contributed by atoms with Gasteiger partial charge in [-0.15, -0.1) is 0 Å². The summed E-state index contributed by atoms with van der Waals surface area (Å²) in [6.07, 6.45) is 8.97. The van der Waals surface area contributed by atoms with Crippen LogP contribution in [-0.4, -0.2) is 58.7 Å². The van der Waals surface area contributed by atoms with E-state index < -0.39 is 12.2 Å². The molecule has 0 aromatic rings. The van der Waals surface area contributed by atoms with Crippen LogP contribution in [0.5, 0.6) is 0 Å².